The van der Waals surface area contributed by atoms with Crippen LogP contribution < -0.4 is 103 Å². The molecule has 682 valence electrons. The number of fused-ring (bicyclic) bond motifs is 1. The number of Topliss-reactive ketones (excluding diaryl/α,β-unsaturated/α-hetero) is 1. The van der Waals surface area contributed by atoms with Crippen LogP contribution in [0.5, 0.6) is 0 Å². The standard InChI is InChI=1S/C77H112N20O27/c1-5-6-7-8-9-16-25-83-77(123)95-48(28-41-34-84-46-22-13-11-18-42(41)46)70(116)91-49(30-56(81)100)71(117)93-52(33-62(109)110)72(118)97-64-40(4)124-76(122)53(29-55(99)43-19-10-12-20-44(43)79)94-75(121)63(38(2)27-59(103)104)96-73(119)54(37-98)89-58(102)35-85-67(113)50(31-60(105)106)90-65(111)39(3)87-69(115)51(32-61(107)108)92-68(114)47(88-57(101)36-86-74(64)120)23-17-26-82-66(112)45(80)21-14-15-24-78/h10-13,18-20,22,34,38-40,45,47-54,63-64,84,98H,5-9,14-17,21,23-33,35-37,78-80H2,1-4H3,(H2,81,100)(H,82,112)(H,85,113)(H,86,120)(H,87,115)(H,88,101)(H,89,102)(H,90,111)(H,91,116)(H,92,114)(H,93,117)(H,94,121)(H,96,119)(H,97,118)(H,103,104)(H,105,106)(H,107,108)(H,109,110)(H2,83,95,123). The second-order valence-electron chi connectivity index (χ2n) is 29.4. The SMILES string of the molecule is CCCCCCCCNC(=O)NC(Cc1c[nH]c2ccccc12)C(=O)NC(CC(N)=O)C(=O)NC(CC(=O)O)C(=O)NC1C(=O)NCC(=O)NC(CCCNC(=O)C(N)CCCCN)C(=O)NC(CC(=O)O)C(=O)NC(C)C(=O)NC(CC(=O)O)C(=O)NCC(=O)NC(CO)C(=O)NC(C(C)CC(=O)O)C(=O)NC(CC(=O)c2ccccc2N)C(=O)OC1C. The number of aromatic amines is 1. The first kappa shape index (κ1) is 103. The summed E-state index contributed by atoms with van der Waals surface area (Å²) in [6, 6.07) is -13.1. The van der Waals surface area contributed by atoms with Crippen molar-refractivity contribution in [3.8, 4) is 0 Å². The van der Waals surface area contributed by atoms with Crippen LogP contribution in [0.15, 0.2) is 54.7 Å². The molecule has 0 aliphatic carbocycles. The molecule has 124 heavy (non-hydrogen) atoms. The number of carbonyl (C=O) groups is 21. The van der Waals surface area contributed by atoms with Crippen LogP contribution in [0, 0.1) is 5.92 Å². The molecule has 47 heteroatoms. The van der Waals surface area contributed by atoms with Gasteiger partial charge in [0.05, 0.1) is 57.8 Å². The Labute approximate surface area is 709 Å². The van der Waals surface area contributed by atoms with Gasteiger partial charge < -0.3 is 138 Å². The van der Waals surface area contributed by atoms with Crippen LogP contribution in [0.25, 0.3) is 10.9 Å². The number of aliphatic hydroxyl groups excluding tert-OH is 1. The minimum Gasteiger partial charge on any atom is -0.481 e. The number of H-pyrrole nitrogens is 1. The average Bonchev–Trinajstić information content (AvgIpc) is 1.72. The van der Waals surface area contributed by atoms with Gasteiger partial charge in [0.1, 0.15) is 72.6 Å². The summed E-state index contributed by atoms with van der Waals surface area (Å²) in [6.45, 7) is 1.31. The summed E-state index contributed by atoms with van der Waals surface area (Å²) in [5.74, 6) is -30.5. The van der Waals surface area contributed by atoms with Gasteiger partial charge >= 0.3 is 35.9 Å². The lowest BCUT2D eigenvalue weighted by atomic mass is 9.96. The second-order valence-corrected chi connectivity index (χ2v) is 29.4. The van der Waals surface area contributed by atoms with Gasteiger partial charge in [-0.05, 0) is 82.2 Å². The number of amides is 16. The Balaban J connectivity index is 1.92. The smallest absolute Gasteiger partial charge is 0.329 e. The summed E-state index contributed by atoms with van der Waals surface area (Å²) in [7, 11) is 0. The molecule has 47 nitrogen and oxygen atoms in total. The van der Waals surface area contributed by atoms with E-state index in [-0.39, 0.29) is 43.6 Å². The predicted molar refractivity (Wildman–Crippen MR) is 434 cm³/mol. The van der Waals surface area contributed by atoms with Crippen LogP contribution in [0.2, 0.25) is 0 Å². The van der Waals surface area contributed by atoms with E-state index in [1.165, 1.54) is 24.3 Å². The Hall–Kier alpha value is -13.5. The molecular weight excluding hydrogens is 1640 g/mol. The number of nitrogen functional groups attached to an aromatic ring is 1. The molecule has 14 atom stereocenters. The van der Waals surface area contributed by atoms with Gasteiger partial charge in [-0.25, -0.2) is 9.59 Å². The number of aromatic nitrogens is 1. The Morgan fingerprint density at radius 1 is 0.540 bits per heavy atom. The molecule has 1 saturated heterocycles. The van der Waals surface area contributed by atoms with Crippen LogP contribution in [0.4, 0.5) is 10.5 Å². The fourth-order valence-corrected chi connectivity index (χ4v) is 12.5. The summed E-state index contributed by atoms with van der Waals surface area (Å²) in [6.07, 6.45) is -2.53. The molecule has 1 fully saturated rings. The van der Waals surface area contributed by atoms with Gasteiger partial charge in [0.25, 0.3) is 0 Å². The predicted octanol–water partition coefficient (Wildman–Crippen LogP) is -6.61. The monoisotopic (exact) mass is 1750 g/mol. The third kappa shape index (κ3) is 36.1. The molecule has 1 aliphatic rings. The maximum Gasteiger partial charge on any atom is 0.329 e. The van der Waals surface area contributed by atoms with Crippen LogP contribution in [0.3, 0.4) is 0 Å². The number of rotatable bonds is 40. The van der Waals surface area contributed by atoms with Crippen molar-refractivity contribution in [1.29, 1.82) is 0 Å². The molecule has 0 radical (unpaired) electrons. The van der Waals surface area contributed by atoms with Crippen molar-refractivity contribution in [3.63, 3.8) is 0 Å². The van der Waals surface area contributed by atoms with E-state index in [1.807, 2.05) is 22.9 Å². The Morgan fingerprint density at radius 3 is 1.72 bits per heavy atom. The molecule has 2 aromatic carbocycles. The number of para-hydroxylation sites is 2. The van der Waals surface area contributed by atoms with E-state index in [1.54, 1.807) is 30.5 Å². The fraction of sp³-hybridized carbons (Fsp3) is 0.545. The summed E-state index contributed by atoms with van der Waals surface area (Å²) in [5, 5.41) is 84.1. The zero-order chi connectivity index (χ0) is 92.4. The topological polar surface area (TPSA) is 769 Å². The van der Waals surface area contributed by atoms with Gasteiger partial charge in [-0.1, -0.05) is 82.7 Å². The highest BCUT2D eigenvalue weighted by Gasteiger charge is 2.41. The highest BCUT2D eigenvalue weighted by molar-refractivity contribution is 6.05. The maximum atomic E-state index is 15.0. The van der Waals surface area contributed by atoms with Gasteiger partial charge in [-0.3, -0.25) is 91.1 Å². The number of hydrogen-bond acceptors (Lipinski definition) is 26. The minimum atomic E-state index is -2.50. The zero-order valence-corrected chi connectivity index (χ0v) is 68.8. The van der Waals surface area contributed by atoms with Crippen molar-refractivity contribution >= 4 is 141 Å². The number of nitrogens with two attached hydrogens (primary N) is 4. The van der Waals surface area contributed by atoms with Gasteiger partial charge in [0.15, 0.2) is 5.78 Å². The Morgan fingerprint density at radius 2 is 1.10 bits per heavy atom. The molecule has 3 aromatic rings. The molecule has 16 amide bonds. The van der Waals surface area contributed by atoms with E-state index in [4.69, 9.17) is 27.7 Å². The van der Waals surface area contributed by atoms with Crippen molar-refractivity contribution < 1.29 is 131 Å². The lowest BCUT2D eigenvalue weighted by Crippen LogP contribution is -2.62. The number of esters is 1. The number of ketones is 1. The first-order valence-electron chi connectivity index (χ1n) is 39.9. The van der Waals surface area contributed by atoms with Crippen molar-refractivity contribution in [2.45, 2.75) is 222 Å². The van der Waals surface area contributed by atoms with Crippen LogP contribution in [-0.2, 0) is 102 Å². The number of hydrogen-bond donors (Lipinski definition) is 25. The maximum absolute atomic E-state index is 15.0. The first-order chi connectivity index (χ1) is 58.7. The van der Waals surface area contributed by atoms with Gasteiger partial charge in [0, 0.05) is 54.3 Å². The number of carbonyl (C=O) groups excluding carboxylic acids is 17. The van der Waals surface area contributed by atoms with E-state index in [9.17, 15) is 126 Å². The number of aliphatic hydroxyl groups is 1. The summed E-state index contributed by atoms with van der Waals surface area (Å²) in [5.41, 5.74) is 23.9. The Bertz CT molecular complexity index is 4310. The largest absolute Gasteiger partial charge is 0.481 e. The quantitative estimate of drug-likeness (QED) is 0.0109. The normalized spacial score (nSPS) is 20.7. The number of carboxylic acids is 4. The second kappa shape index (κ2) is 52.7. The van der Waals surface area contributed by atoms with E-state index < -0.39 is 274 Å². The van der Waals surface area contributed by atoms with Crippen molar-refractivity contribution in [1.82, 2.24) is 84.7 Å². The summed E-state index contributed by atoms with van der Waals surface area (Å²) < 4.78 is 5.71. The highest BCUT2D eigenvalue weighted by atomic mass is 16.5. The molecule has 0 saturated carbocycles. The number of carboxylic acid groups (broad SMARTS) is 4. The summed E-state index contributed by atoms with van der Waals surface area (Å²) in [4.78, 5) is 292. The van der Waals surface area contributed by atoms with Gasteiger partial charge in [-0.15, -0.1) is 0 Å². The van der Waals surface area contributed by atoms with Crippen LogP contribution in [-0.4, -0.2) is 273 Å². The fourth-order valence-electron chi connectivity index (χ4n) is 12.5. The number of urea groups is 1. The van der Waals surface area contributed by atoms with Crippen LogP contribution >= 0.6 is 0 Å². The van der Waals surface area contributed by atoms with Crippen molar-refractivity contribution in [3.05, 3.63) is 65.9 Å². The minimum absolute atomic E-state index is 0.183. The Kier molecular flexibility index (Phi) is 43.7. The highest BCUT2D eigenvalue weighted by Crippen LogP contribution is 2.21. The van der Waals surface area contributed by atoms with E-state index in [0.717, 1.165) is 52.9 Å². The lowest BCUT2D eigenvalue weighted by molar-refractivity contribution is -0.156. The van der Waals surface area contributed by atoms with Crippen molar-refractivity contribution in [2.75, 3.05) is 45.1 Å². The number of ether oxygens (including phenoxy) is 1. The molecule has 0 spiro atoms. The number of anilines is 1. The number of cyclic esters (lactones) is 1. The third-order valence-electron chi connectivity index (χ3n) is 19.2. The van der Waals surface area contributed by atoms with E-state index in [2.05, 4.69) is 68.8 Å². The average molecular weight is 1750 g/mol. The van der Waals surface area contributed by atoms with Gasteiger partial charge in [-0.2, -0.15) is 0 Å². The molecule has 4 rings (SSSR count). The molecule has 0 bridgehead atoms. The third-order valence-corrected chi connectivity index (χ3v) is 19.2. The molecule has 2 heterocycles. The lowest BCUT2D eigenvalue weighted by Gasteiger charge is -2.30. The first-order valence-corrected chi connectivity index (χ1v) is 39.9. The van der Waals surface area contributed by atoms with Crippen molar-refractivity contribution in [2.24, 2.45) is 23.1 Å². The molecule has 1 aliphatic heterocycles. The number of primary amides is 1. The van der Waals surface area contributed by atoms with Crippen LogP contribution in [0.1, 0.15) is 153 Å². The van der Waals surface area contributed by atoms with E-state index >= 15 is 0 Å². The van der Waals surface area contributed by atoms with Gasteiger partial charge in [0.2, 0.25) is 82.7 Å². The number of benzene rings is 2. The number of nitrogens with one attached hydrogen (secondary N) is 16. The zero-order valence-electron chi connectivity index (χ0n) is 68.8. The molecule has 1 aromatic heterocycles. The van der Waals surface area contributed by atoms with E-state index in [0.29, 0.717) is 42.3 Å². The molecule has 14 unspecified atom stereocenters. The summed E-state index contributed by atoms with van der Waals surface area (Å²) >= 11 is 0. The number of unbranched alkanes of at least 4 members (excludes halogenated alkanes) is 6. The number of aliphatic carboxylic acids is 4. The molecule has 29 N–H and O–H groups in total. The molecular formula is C77H112N20O27.